The van der Waals surface area contributed by atoms with Crippen LogP contribution in [0.4, 0.5) is 11.4 Å². The van der Waals surface area contributed by atoms with Crippen LogP contribution >= 0.6 is 0 Å². The van der Waals surface area contributed by atoms with Crippen molar-refractivity contribution in [1.82, 2.24) is 5.16 Å². The number of anilines is 1. The number of amides is 1. The number of benzene rings is 1. The smallest absolute Gasteiger partial charge is 0.299 e. The summed E-state index contributed by atoms with van der Waals surface area (Å²) >= 11 is 0. The number of rotatable bonds is 3. The minimum atomic E-state index is -0.750. The van der Waals surface area contributed by atoms with Crippen LogP contribution in [0.5, 0.6) is 0 Å². The number of ketones is 1. The van der Waals surface area contributed by atoms with Gasteiger partial charge in [-0.3, -0.25) is 19.7 Å². The average Bonchev–Trinajstić information content (AvgIpc) is 3.02. The van der Waals surface area contributed by atoms with Gasteiger partial charge in [0.15, 0.2) is 0 Å². The largest absolute Gasteiger partial charge is 0.364 e. The van der Waals surface area contributed by atoms with E-state index in [1.807, 2.05) is 0 Å². The highest BCUT2D eigenvalue weighted by Gasteiger charge is 2.37. The summed E-state index contributed by atoms with van der Waals surface area (Å²) in [6.45, 7) is 0.124. The van der Waals surface area contributed by atoms with E-state index in [-0.39, 0.29) is 17.8 Å². The molecule has 1 aromatic heterocycles. The Balaban J connectivity index is 2.02. The van der Waals surface area contributed by atoms with Gasteiger partial charge in [0.25, 0.3) is 17.4 Å². The van der Waals surface area contributed by atoms with Crippen LogP contribution in [0.15, 0.2) is 35.2 Å². The summed E-state index contributed by atoms with van der Waals surface area (Å²) in [7, 11) is 0. The molecule has 20 heavy (non-hydrogen) atoms. The van der Waals surface area contributed by atoms with Crippen molar-refractivity contribution in [3.63, 3.8) is 0 Å². The monoisotopic (exact) mass is 273 g/mol. The molecule has 2 heterocycles. The molecule has 0 radical (unpaired) electrons. The molecule has 1 amide bonds. The van der Waals surface area contributed by atoms with Crippen LogP contribution in [0.1, 0.15) is 15.9 Å². The molecule has 1 aromatic carbocycles. The van der Waals surface area contributed by atoms with Crippen LogP contribution in [0.2, 0.25) is 0 Å². The van der Waals surface area contributed by atoms with Gasteiger partial charge in [0.2, 0.25) is 0 Å². The predicted octanol–water partition coefficient (Wildman–Crippen LogP) is 1.31. The molecule has 0 saturated heterocycles. The lowest BCUT2D eigenvalue weighted by atomic mass is 10.1. The van der Waals surface area contributed by atoms with Crippen molar-refractivity contribution < 1.29 is 19.0 Å². The molecule has 0 N–H and O–H groups in total. The Morgan fingerprint density at radius 1 is 1.35 bits per heavy atom. The number of non-ortho nitro benzene ring substituents is 1. The summed E-state index contributed by atoms with van der Waals surface area (Å²) in [6, 6.07) is 3.76. The van der Waals surface area contributed by atoms with Crippen molar-refractivity contribution in [1.29, 1.82) is 0 Å². The molecule has 1 aliphatic heterocycles. The van der Waals surface area contributed by atoms with Crippen LogP contribution in [-0.4, -0.2) is 21.8 Å². The Morgan fingerprint density at radius 3 is 2.80 bits per heavy atom. The van der Waals surface area contributed by atoms with E-state index in [4.69, 9.17) is 0 Å². The number of nitro benzene ring substituents is 1. The summed E-state index contributed by atoms with van der Waals surface area (Å²) in [6.07, 6.45) is 2.79. The molecule has 1 aliphatic rings. The van der Waals surface area contributed by atoms with Crippen molar-refractivity contribution in [2.24, 2.45) is 0 Å². The third kappa shape index (κ3) is 1.74. The van der Waals surface area contributed by atoms with Crippen LogP contribution in [0.25, 0.3) is 0 Å². The molecule has 3 rings (SSSR count). The van der Waals surface area contributed by atoms with Crippen molar-refractivity contribution in [2.45, 2.75) is 6.54 Å². The van der Waals surface area contributed by atoms with Crippen molar-refractivity contribution >= 4 is 23.1 Å². The van der Waals surface area contributed by atoms with Gasteiger partial charge in [-0.2, -0.15) is 0 Å². The van der Waals surface area contributed by atoms with E-state index in [1.54, 1.807) is 0 Å². The maximum absolute atomic E-state index is 11.9. The molecule has 0 aliphatic carbocycles. The van der Waals surface area contributed by atoms with Crippen LogP contribution in [-0.2, 0) is 11.3 Å². The third-order valence-electron chi connectivity index (χ3n) is 2.99. The highest BCUT2D eigenvalue weighted by atomic mass is 16.6. The lowest BCUT2D eigenvalue weighted by Gasteiger charge is -2.14. The normalized spacial score (nSPS) is 13.7. The third-order valence-corrected chi connectivity index (χ3v) is 2.99. The van der Waals surface area contributed by atoms with Gasteiger partial charge in [-0.25, -0.2) is 0 Å². The van der Waals surface area contributed by atoms with Gasteiger partial charge >= 0.3 is 0 Å². The highest BCUT2D eigenvalue weighted by molar-refractivity contribution is 6.52. The molecular weight excluding hydrogens is 266 g/mol. The maximum Gasteiger partial charge on any atom is 0.299 e. The minimum Gasteiger partial charge on any atom is -0.364 e. The Kier molecular flexibility index (Phi) is 2.56. The van der Waals surface area contributed by atoms with Gasteiger partial charge in [-0.05, 0) is 6.07 Å². The summed E-state index contributed by atoms with van der Waals surface area (Å²) in [5.41, 5.74) is 0.793. The van der Waals surface area contributed by atoms with E-state index in [2.05, 4.69) is 9.68 Å². The van der Waals surface area contributed by atoms with Gasteiger partial charge in [0.1, 0.15) is 6.26 Å². The fraction of sp³-hybridized carbons (Fsp3) is 0.0833. The van der Waals surface area contributed by atoms with Crippen molar-refractivity contribution in [3.8, 4) is 0 Å². The fourth-order valence-electron chi connectivity index (χ4n) is 2.05. The zero-order valence-corrected chi connectivity index (χ0v) is 9.98. The molecule has 8 nitrogen and oxygen atoms in total. The highest BCUT2D eigenvalue weighted by Crippen LogP contribution is 2.32. The lowest BCUT2D eigenvalue weighted by Crippen LogP contribution is -2.28. The molecule has 0 atom stereocenters. The Hall–Kier alpha value is -3.03. The maximum atomic E-state index is 11.9. The van der Waals surface area contributed by atoms with Gasteiger partial charge in [-0.15, -0.1) is 0 Å². The minimum absolute atomic E-state index is 0.0423. The summed E-state index contributed by atoms with van der Waals surface area (Å²) in [5, 5.41) is 14.2. The Bertz CT molecular complexity index is 723. The van der Waals surface area contributed by atoms with Crippen molar-refractivity contribution in [2.75, 3.05) is 4.90 Å². The number of nitro groups is 1. The molecule has 0 unspecified atom stereocenters. The first-order valence-corrected chi connectivity index (χ1v) is 5.61. The Morgan fingerprint density at radius 2 is 2.15 bits per heavy atom. The topological polar surface area (TPSA) is 107 Å². The molecule has 2 aromatic rings. The number of fused-ring (bicyclic) bond motifs is 1. The van der Waals surface area contributed by atoms with Gasteiger partial charge in [0, 0.05) is 17.7 Å². The van der Waals surface area contributed by atoms with E-state index in [9.17, 15) is 19.7 Å². The number of carbonyl (C=O) groups excluding carboxylic acids is 2. The molecule has 8 heteroatoms. The molecule has 0 fully saturated rings. The quantitative estimate of drug-likeness (QED) is 0.474. The number of carbonyl (C=O) groups is 2. The van der Waals surface area contributed by atoms with E-state index >= 15 is 0 Å². The second-order valence-electron chi connectivity index (χ2n) is 4.21. The van der Waals surface area contributed by atoms with E-state index in [0.717, 1.165) is 6.07 Å². The number of aromatic nitrogens is 1. The first kappa shape index (κ1) is 12.0. The SMILES string of the molecule is O=C1C(=O)N(Cc2cnoc2)c2ccc([N+](=O)[O-])cc21. The van der Waals surface area contributed by atoms with Crippen LogP contribution < -0.4 is 4.90 Å². The van der Waals surface area contributed by atoms with Crippen molar-refractivity contribution in [3.05, 3.63) is 51.9 Å². The molecule has 0 saturated carbocycles. The number of nitrogens with zero attached hydrogens (tertiary/aromatic N) is 3. The van der Waals surface area contributed by atoms with Gasteiger partial charge < -0.3 is 9.42 Å². The standard InChI is InChI=1S/C12H7N3O5/c16-11-9-3-8(15(18)19)1-2-10(9)14(12(11)17)5-7-4-13-20-6-7/h1-4,6H,5H2. The first-order valence-electron chi connectivity index (χ1n) is 5.61. The Labute approximate surface area is 111 Å². The first-order chi connectivity index (χ1) is 9.58. The second kappa shape index (κ2) is 4.26. The summed E-state index contributed by atoms with van der Waals surface area (Å²) < 4.78 is 4.66. The zero-order valence-electron chi connectivity index (χ0n) is 9.98. The van der Waals surface area contributed by atoms with Gasteiger partial charge in [0.05, 0.1) is 28.9 Å². The predicted molar refractivity (Wildman–Crippen MR) is 65.1 cm³/mol. The van der Waals surface area contributed by atoms with Crippen LogP contribution in [0.3, 0.4) is 0 Å². The molecule has 100 valence electrons. The summed E-state index contributed by atoms with van der Waals surface area (Å²) in [4.78, 5) is 35.1. The molecule has 0 spiro atoms. The molecular formula is C12H7N3O5. The fourth-order valence-corrected chi connectivity index (χ4v) is 2.05. The average molecular weight is 273 g/mol. The molecule has 0 bridgehead atoms. The second-order valence-corrected chi connectivity index (χ2v) is 4.21. The number of hydrogen-bond acceptors (Lipinski definition) is 6. The zero-order chi connectivity index (χ0) is 14.3. The van der Waals surface area contributed by atoms with E-state index < -0.39 is 16.6 Å². The lowest BCUT2D eigenvalue weighted by molar-refractivity contribution is -0.384. The summed E-state index contributed by atoms with van der Waals surface area (Å²) in [5.74, 6) is -1.47. The van der Waals surface area contributed by atoms with E-state index in [0.29, 0.717) is 11.3 Å². The van der Waals surface area contributed by atoms with Crippen LogP contribution in [0, 0.1) is 10.1 Å². The van der Waals surface area contributed by atoms with Gasteiger partial charge in [-0.1, -0.05) is 5.16 Å². The number of Topliss-reactive ketones (excluding diaryl/α,β-unsaturated/α-hetero) is 1. The number of hydrogen-bond donors (Lipinski definition) is 0. The van der Waals surface area contributed by atoms with E-state index in [1.165, 1.54) is 29.5 Å².